The number of H-pyrrole nitrogens is 1. The highest BCUT2D eigenvalue weighted by atomic mass is 32.2. The summed E-state index contributed by atoms with van der Waals surface area (Å²) in [4.78, 5) is 17.1. The maximum absolute atomic E-state index is 13.9. The number of para-hydroxylation sites is 1. The van der Waals surface area contributed by atoms with Crippen molar-refractivity contribution in [1.82, 2.24) is 14.2 Å². The third kappa shape index (κ3) is 3.22. The van der Waals surface area contributed by atoms with Crippen LogP contribution in [0.5, 0.6) is 0 Å². The molecule has 4 rings (SSSR count). The van der Waals surface area contributed by atoms with Gasteiger partial charge in [-0.1, -0.05) is 30.3 Å². The van der Waals surface area contributed by atoms with Crippen molar-refractivity contribution in [3.8, 4) is 0 Å². The zero-order valence-electron chi connectivity index (χ0n) is 14.4. The van der Waals surface area contributed by atoms with Crippen molar-refractivity contribution in [3.05, 3.63) is 66.1 Å². The molecule has 140 valence electrons. The number of nitrogens with zero attached hydrogens (tertiary/aromatic N) is 2. The van der Waals surface area contributed by atoms with Gasteiger partial charge in [-0.2, -0.15) is 4.31 Å². The van der Waals surface area contributed by atoms with E-state index in [0.29, 0.717) is 5.69 Å². The quantitative estimate of drug-likeness (QED) is 0.750. The molecule has 1 aromatic heterocycles. The molecular formula is C19H18FN3O3S. The normalized spacial score (nSPS) is 16.0. The van der Waals surface area contributed by atoms with Crippen molar-refractivity contribution in [1.29, 1.82) is 0 Å². The van der Waals surface area contributed by atoms with Gasteiger partial charge in [-0.15, -0.1) is 0 Å². The molecule has 0 atom stereocenters. The molecule has 0 aliphatic carbocycles. The van der Waals surface area contributed by atoms with E-state index in [4.69, 9.17) is 0 Å². The standard InChI is InChI=1S/C19H18FN3O3S/c20-15-6-2-4-8-18(15)27(25,26)23-11-9-22(10-12-23)19(24)17-13-14-5-1-3-7-16(14)21-17/h1-8,13,21H,9-12H2. The molecule has 0 radical (unpaired) electrons. The fourth-order valence-electron chi connectivity index (χ4n) is 3.28. The fraction of sp³-hybridized carbons (Fsp3) is 0.211. The second-order valence-electron chi connectivity index (χ2n) is 6.40. The van der Waals surface area contributed by atoms with Crippen LogP contribution < -0.4 is 0 Å². The first-order valence-corrected chi connectivity index (χ1v) is 10.0. The second-order valence-corrected chi connectivity index (χ2v) is 8.30. The summed E-state index contributed by atoms with van der Waals surface area (Å²) in [6, 6.07) is 14.7. The minimum Gasteiger partial charge on any atom is -0.351 e. The van der Waals surface area contributed by atoms with Crippen LogP contribution in [0.25, 0.3) is 10.9 Å². The number of carbonyl (C=O) groups is 1. The topological polar surface area (TPSA) is 73.5 Å². The van der Waals surface area contributed by atoms with Crippen molar-refractivity contribution in [2.45, 2.75) is 4.90 Å². The van der Waals surface area contributed by atoms with E-state index in [1.54, 1.807) is 11.0 Å². The average Bonchev–Trinajstić information content (AvgIpc) is 3.12. The van der Waals surface area contributed by atoms with Crippen LogP contribution in [0.2, 0.25) is 0 Å². The van der Waals surface area contributed by atoms with Gasteiger partial charge in [0, 0.05) is 37.1 Å². The van der Waals surface area contributed by atoms with Crippen molar-refractivity contribution in [2.24, 2.45) is 0 Å². The molecule has 8 heteroatoms. The van der Waals surface area contributed by atoms with Gasteiger partial charge < -0.3 is 9.88 Å². The molecule has 0 saturated carbocycles. The lowest BCUT2D eigenvalue weighted by Crippen LogP contribution is -2.50. The van der Waals surface area contributed by atoms with Gasteiger partial charge in [0.25, 0.3) is 5.91 Å². The molecule has 1 aliphatic heterocycles. The van der Waals surface area contributed by atoms with Crippen LogP contribution in [0.3, 0.4) is 0 Å². The Morgan fingerprint density at radius 2 is 1.63 bits per heavy atom. The number of hydrogen-bond donors (Lipinski definition) is 1. The summed E-state index contributed by atoms with van der Waals surface area (Å²) in [5, 5.41) is 0.946. The predicted molar refractivity (Wildman–Crippen MR) is 99.4 cm³/mol. The van der Waals surface area contributed by atoms with Crippen LogP contribution in [0.15, 0.2) is 59.5 Å². The van der Waals surface area contributed by atoms with E-state index in [1.165, 1.54) is 22.5 Å². The summed E-state index contributed by atoms with van der Waals surface area (Å²) in [6.07, 6.45) is 0. The van der Waals surface area contributed by atoms with Crippen LogP contribution in [0, 0.1) is 5.82 Å². The Balaban J connectivity index is 1.48. The van der Waals surface area contributed by atoms with E-state index in [-0.39, 0.29) is 37.0 Å². The zero-order chi connectivity index (χ0) is 19.0. The number of aromatic amines is 1. The maximum atomic E-state index is 13.9. The van der Waals surface area contributed by atoms with Gasteiger partial charge >= 0.3 is 0 Å². The lowest BCUT2D eigenvalue weighted by atomic mass is 10.2. The van der Waals surface area contributed by atoms with Gasteiger partial charge in [0.2, 0.25) is 10.0 Å². The van der Waals surface area contributed by atoms with Crippen LogP contribution in [-0.4, -0.2) is 54.7 Å². The Morgan fingerprint density at radius 3 is 2.33 bits per heavy atom. The third-order valence-corrected chi connectivity index (χ3v) is 6.67. The minimum atomic E-state index is -3.91. The molecule has 6 nitrogen and oxygen atoms in total. The summed E-state index contributed by atoms with van der Waals surface area (Å²) in [6.45, 7) is 0.759. The lowest BCUT2D eigenvalue weighted by Gasteiger charge is -2.33. The Hall–Kier alpha value is -2.71. The summed E-state index contributed by atoms with van der Waals surface area (Å²) >= 11 is 0. The van der Waals surface area contributed by atoms with Crippen LogP contribution in [-0.2, 0) is 10.0 Å². The third-order valence-electron chi connectivity index (χ3n) is 4.74. The van der Waals surface area contributed by atoms with Gasteiger partial charge in [0.1, 0.15) is 16.4 Å². The molecule has 1 aliphatic rings. The molecule has 27 heavy (non-hydrogen) atoms. The number of amides is 1. The van der Waals surface area contributed by atoms with E-state index in [1.807, 2.05) is 24.3 Å². The molecule has 0 bridgehead atoms. The minimum absolute atomic E-state index is 0.128. The van der Waals surface area contributed by atoms with E-state index in [0.717, 1.165) is 17.0 Å². The van der Waals surface area contributed by atoms with Crippen molar-refractivity contribution < 1.29 is 17.6 Å². The molecular weight excluding hydrogens is 369 g/mol. The first kappa shape index (κ1) is 17.7. The number of carbonyl (C=O) groups excluding carboxylic acids is 1. The smallest absolute Gasteiger partial charge is 0.270 e. The van der Waals surface area contributed by atoms with Crippen molar-refractivity contribution in [2.75, 3.05) is 26.2 Å². The summed E-state index contributed by atoms with van der Waals surface area (Å²) in [5.41, 5.74) is 1.35. The molecule has 1 saturated heterocycles. The highest BCUT2D eigenvalue weighted by molar-refractivity contribution is 7.89. The maximum Gasteiger partial charge on any atom is 0.270 e. The van der Waals surface area contributed by atoms with Crippen LogP contribution in [0.1, 0.15) is 10.5 Å². The Morgan fingerprint density at radius 1 is 0.963 bits per heavy atom. The number of fused-ring (bicyclic) bond motifs is 1. The number of aromatic nitrogens is 1. The molecule has 0 spiro atoms. The molecule has 1 N–H and O–H groups in total. The Kier molecular flexibility index (Phi) is 4.45. The van der Waals surface area contributed by atoms with Crippen LogP contribution in [0.4, 0.5) is 4.39 Å². The van der Waals surface area contributed by atoms with E-state index in [9.17, 15) is 17.6 Å². The Labute approximate surface area is 156 Å². The number of rotatable bonds is 3. The number of sulfonamides is 1. The predicted octanol–water partition coefficient (Wildman–Crippen LogP) is 2.45. The highest BCUT2D eigenvalue weighted by Gasteiger charge is 2.32. The summed E-state index contributed by atoms with van der Waals surface area (Å²) in [7, 11) is -3.91. The molecule has 1 amide bonds. The van der Waals surface area contributed by atoms with Gasteiger partial charge in [0.15, 0.2) is 0 Å². The largest absolute Gasteiger partial charge is 0.351 e. The summed E-state index contributed by atoms with van der Waals surface area (Å²) in [5.74, 6) is -0.941. The number of hydrogen-bond acceptors (Lipinski definition) is 3. The van der Waals surface area contributed by atoms with Gasteiger partial charge in [-0.05, 0) is 24.3 Å². The van der Waals surface area contributed by atoms with Crippen molar-refractivity contribution in [3.63, 3.8) is 0 Å². The monoisotopic (exact) mass is 387 g/mol. The fourth-order valence-corrected chi connectivity index (χ4v) is 4.77. The molecule has 2 aromatic carbocycles. The van der Waals surface area contributed by atoms with Crippen LogP contribution >= 0.6 is 0 Å². The van der Waals surface area contributed by atoms with Gasteiger partial charge in [0.05, 0.1) is 0 Å². The molecule has 0 unspecified atom stereocenters. The second kappa shape index (κ2) is 6.79. The van der Waals surface area contributed by atoms with Gasteiger partial charge in [-0.3, -0.25) is 4.79 Å². The lowest BCUT2D eigenvalue weighted by molar-refractivity contribution is 0.0693. The van der Waals surface area contributed by atoms with E-state index in [2.05, 4.69) is 4.98 Å². The highest BCUT2D eigenvalue weighted by Crippen LogP contribution is 2.21. The molecule has 2 heterocycles. The number of benzene rings is 2. The SMILES string of the molecule is O=C(c1cc2ccccc2[nH]1)N1CCN(S(=O)(=O)c2ccccc2F)CC1. The van der Waals surface area contributed by atoms with E-state index < -0.39 is 15.8 Å². The zero-order valence-corrected chi connectivity index (χ0v) is 15.2. The average molecular weight is 387 g/mol. The first-order chi connectivity index (χ1) is 13.0. The van der Waals surface area contributed by atoms with E-state index >= 15 is 0 Å². The summed E-state index contributed by atoms with van der Waals surface area (Å²) < 4.78 is 40.4. The molecule has 1 fully saturated rings. The molecule has 3 aromatic rings. The number of nitrogens with one attached hydrogen (secondary N) is 1. The van der Waals surface area contributed by atoms with Gasteiger partial charge in [-0.25, -0.2) is 12.8 Å². The number of piperazine rings is 1. The first-order valence-electron chi connectivity index (χ1n) is 8.58. The van der Waals surface area contributed by atoms with Crippen molar-refractivity contribution >= 4 is 26.8 Å². The Bertz CT molecular complexity index is 1070. The number of halogens is 1.